The van der Waals surface area contributed by atoms with Crippen LogP contribution in [-0.2, 0) is 16.0 Å². The van der Waals surface area contributed by atoms with Gasteiger partial charge in [0, 0.05) is 5.56 Å². The molecule has 1 aromatic carbocycles. The Kier molecular flexibility index (Phi) is 5.23. The van der Waals surface area contributed by atoms with Crippen LogP contribution in [0.2, 0.25) is 0 Å². The van der Waals surface area contributed by atoms with Gasteiger partial charge in [-0.2, -0.15) is 0 Å². The van der Waals surface area contributed by atoms with Crippen molar-refractivity contribution in [2.45, 2.75) is 44.6 Å². The summed E-state index contributed by atoms with van der Waals surface area (Å²) in [5, 5.41) is 12.2. The van der Waals surface area contributed by atoms with E-state index in [0.717, 1.165) is 12.8 Å². The molecular weight excluding hydrogens is 301 g/mol. The monoisotopic (exact) mass is 323 g/mol. The Labute approximate surface area is 134 Å². The first kappa shape index (κ1) is 17.2. The van der Waals surface area contributed by atoms with Crippen LogP contribution < -0.4 is 10.1 Å². The number of methoxy groups -OCH3 is 1. The van der Waals surface area contributed by atoms with Crippen molar-refractivity contribution in [2.75, 3.05) is 7.11 Å². The van der Waals surface area contributed by atoms with Gasteiger partial charge in [-0.3, -0.25) is 9.59 Å². The van der Waals surface area contributed by atoms with E-state index >= 15 is 0 Å². The van der Waals surface area contributed by atoms with E-state index in [-0.39, 0.29) is 12.3 Å². The average Bonchev–Trinajstić information content (AvgIpc) is 2.46. The van der Waals surface area contributed by atoms with Crippen LogP contribution in [0.4, 0.5) is 4.39 Å². The highest BCUT2D eigenvalue weighted by Gasteiger charge is 2.42. The van der Waals surface area contributed by atoms with Crippen molar-refractivity contribution >= 4 is 11.9 Å². The standard InChI is InChI=1S/C17H22FNO4/c1-17(8-4-3-5-13(17)16(21)22)19-15(20)10-11-9-12(18)6-7-14(11)23-2/h6-7,9,13H,3-5,8,10H2,1-2H3,(H,19,20)(H,21,22). The summed E-state index contributed by atoms with van der Waals surface area (Å²) >= 11 is 0. The first-order chi connectivity index (χ1) is 10.9. The van der Waals surface area contributed by atoms with Crippen molar-refractivity contribution in [1.29, 1.82) is 0 Å². The second-order valence-corrected chi connectivity index (χ2v) is 6.24. The molecule has 0 heterocycles. The van der Waals surface area contributed by atoms with Gasteiger partial charge in [0.1, 0.15) is 11.6 Å². The van der Waals surface area contributed by atoms with Crippen LogP contribution in [0.5, 0.6) is 5.75 Å². The zero-order valence-electron chi connectivity index (χ0n) is 13.4. The molecule has 0 radical (unpaired) electrons. The highest BCUT2D eigenvalue weighted by molar-refractivity contribution is 5.81. The Bertz CT molecular complexity index is 604. The average molecular weight is 323 g/mol. The Morgan fingerprint density at radius 1 is 1.43 bits per heavy atom. The summed E-state index contributed by atoms with van der Waals surface area (Å²) in [6.45, 7) is 1.77. The lowest BCUT2D eigenvalue weighted by molar-refractivity contribution is -0.146. The molecule has 2 unspecified atom stereocenters. The summed E-state index contributed by atoms with van der Waals surface area (Å²) in [6.07, 6.45) is 2.85. The third-order valence-electron chi connectivity index (χ3n) is 4.52. The normalized spacial score (nSPS) is 24.0. The van der Waals surface area contributed by atoms with Gasteiger partial charge in [-0.15, -0.1) is 0 Å². The summed E-state index contributed by atoms with van der Waals surface area (Å²) in [4.78, 5) is 23.8. The third kappa shape index (κ3) is 4.00. The molecule has 0 aromatic heterocycles. The summed E-state index contributed by atoms with van der Waals surface area (Å²) in [6, 6.07) is 4.00. The smallest absolute Gasteiger partial charge is 0.308 e. The van der Waals surface area contributed by atoms with Gasteiger partial charge < -0.3 is 15.2 Å². The number of nitrogens with one attached hydrogen (secondary N) is 1. The van der Waals surface area contributed by atoms with Crippen LogP contribution in [0.1, 0.15) is 38.2 Å². The first-order valence-corrected chi connectivity index (χ1v) is 7.72. The zero-order valence-corrected chi connectivity index (χ0v) is 13.4. The van der Waals surface area contributed by atoms with E-state index in [4.69, 9.17) is 4.74 Å². The number of carbonyl (C=O) groups excluding carboxylic acids is 1. The number of carbonyl (C=O) groups is 2. The van der Waals surface area contributed by atoms with Crippen molar-refractivity contribution in [3.05, 3.63) is 29.6 Å². The van der Waals surface area contributed by atoms with Gasteiger partial charge >= 0.3 is 5.97 Å². The first-order valence-electron chi connectivity index (χ1n) is 7.72. The van der Waals surface area contributed by atoms with E-state index < -0.39 is 23.2 Å². The van der Waals surface area contributed by atoms with E-state index in [0.29, 0.717) is 24.2 Å². The largest absolute Gasteiger partial charge is 0.496 e. The Balaban J connectivity index is 2.12. The number of benzene rings is 1. The van der Waals surface area contributed by atoms with Crippen LogP contribution in [-0.4, -0.2) is 29.6 Å². The molecule has 126 valence electrons. The van der Waals surface area contributed by atoms with Gasteiger partial charge in [-0.05, 0) is 38.0 Å². The minimum absolute atomic E-state index is 0.0527. The van der Waals surface area contributed by atoms with E-state index in [1.807, 2.05) is 0 Å². The molecule has 6 heteroatoms. The maximum atomic E-state index is 13.4. The number of halogens is 1. The van der Waals surface area contributed by atoms with Crippen LogP contribution in [0.25, 0.3) is 0 Å². The van der Waals surface area contributed by atoms with Crippen molar-refractivity contribution in [1.82, 2.24) is 5.32 Å². The fraction of sp³-hybridized carbons (Fsp3) is 0.529. The minimum Gasteiger partial charge on any atom is -0.496 e. The molecule has 0 bridgehead atoms. The molecule has 0 spiro atoms. The Morgan fingerprint density at radius 3 is 2.83 bits per heavy atom. The zero-order chi connectivity index (χ0) is 17.0. The molecule has 2 N–H and O–H groups in total. The lowest BCUT2D eigenvalue weighted by atomic mass is 9.74. The maximum absolute atomic E-state index is 13.4. The molecule has 2 atom stereocenters. The van der Waals surface area contributed by atoms with Crippen LogP contribution in [0, 0.1) is 11.7 Å². The van der Waals surface area contributed by atoms with E-state index in [9.17, 15) is 19.1 Å². The second-order valence-electron chi connectivity index (χ2n) is 6.24. The fourth-order valence-electron chi connectivity index (χ4n) is 3.30. The Morgan fingerprint density at radius 2 is 2.17 bits per heavy atom. The molecule has 1 amide bonds. The van der Waals surface area contributed by atoms with Gasteiger partial charge in [0.05, 0.1) is 25.0 Å². The number of carboxylic acid groups (broad SMARTS) is 1. The molecule has 5 nitrogen and oxygen atoms in total. The van der Waals surface area contributed by atoms with Gasteiger partial charge in [-0.1, -0.05) is 12.8 Å². The van der Waals surface area contributed by atoms with Crippen LogP contribution in [0.15, 0.2) is 18.2 Å². The van der Waals surface area contributed by atoms with Gasteiger partial charge in [0.2, 0.25) is 5.91 Å². The van der Waals surface area contributed by atoms with Crippen molar-refractivity contribution < 1.29 is 23.8 Å². The maximum Gasteiger partial charge on any atom is 0.308 e. The van der Waals surface area contributed by atoms with E-state index in [2.05, 4.69) is 5.32 Å². The second kappa shape index (κ2) is 6.98. The molecule has 1 aliphatic carbocycles. The number of aliphatic carboxylic acids is 1. The molecular formula is C17H22FNO4. The molecule has 0 aliphatic heterocycles. The molecule has 1 aliphatic rings. The van der Waals surface area contributed by atoms with Gasteiger partial charge in [0.25, 0.3) is 0 Å². The number of carboxylic acids is 1. The summed E-state index contributed by atoms with van der Waals surface area (Å²) in [5.74, 6) is -1.83. The van der Waals surface area contributed by atoms with Gasteiger partial charge in [-0.25, -0.2) is 4.39 Å². The van der Waals surface area contributed by atoms with E-state index in [1.165, 1.54) is 25.3 Å². The molecule has 1 fully saturated rings. The highest BCUT2D eigenvalue weighted by atomic mass is 19.1. The van der Waals surface area contributed by atoms with E-state index in [1.54, 1.807) is 6.92 Å². The molecule has 2 rings (SSSR count). The van der Waals surface area contributed by atoms with Crippen molar-refractivity contribution in [3.63, 3.8) is 0 Å². The Hall–Kier alpha value is -2.11. The topological polar surface area (TPSA) is 75.6 Å². The van der Waals surface area contributed by atoms with Gasteiger partial charge in [0.15, 0.2) is 0 Å². The molecule has 23 heavy (non-hydrogen) atoms. The lowest BCUT2D eigenvalue weighted by Crippen LogP contribution is -2.55. The SMILES string of the molecule is COc1ccc(F)cc1CC(=O)NC1(C)CCCCC1C(=O)O. The van der Waals surface area contributed by atoms with Crippen molar-refractivity contribution in [3.8, 4) is 5.75 Å². The number of rotatable bonds is 5. The summed E-state index contributed by atoms with van der Waals surface area (Å²) in [7, 11) is 1.46. The molecule has 1 saturated carbocycles. The summed E-state index contributed by atoms with van der Waals surface area (Å²) < 4.78 is 18.5. The third-order valence-corrected chi connectivity index (χ3v) is 4.52. The number of hydrogen-bond donors (Lipinski definition) is 2. The predicted octanol–water partition coefficient (Wildman–Crippen LogP) is 2.53. The van der Waals surface area contributed by atoms with Crippen LogP contribution in [0.3, 0.4) is 0 Å². The minimum atomic E-state index is -0.893. The lowest BCUT2D eigenvalue weighted by Gasteiger charge is -2.39. The molecule has 0 saturated heterocycles. The fourth-order valence-corrected chi connectivity index (χ4v) is 3.30. The number of hydrogen-bond acceptors (Lipinski definition) is 3. The van der Waals surface area contributed by atoms with Crippen molar-refractivity contribution in [2.24, 2.45) is 5.92 Å². The number of ether oxygens (including phenoxy) is 1. The molecule has 1 aromatic rings. The highest BCUT2D eigenvalue weighted by Crippen LogP contribution is 2.34. The number of amides is 1. The predicted molar refractivity (Wildman–Crippen MR) is 82.8 cm³/mol. The van der Waals surface area contributed by atoms with Crippen LogP contribution >= 0.6 is 0 Å². The quantitative estimate of drug-likeness (QED) is 0.873. The summed E-state index contributed by atoms with van der Waals surface area (Å²) in [5.41, 5.74) is -0.335.